The van der Waals surface area contributed by atoms with Gasteiger partial charge < -0.3 is 4.90 Å². The van der Waals surface area contributed by atoms with E-state index in [9.17, 15) is 13.2 Å². The fourth-order valence-corrected chi connectivity index (χ4v) is 4.04. The number of nitrogens with two attached hydrogens (primary N) is 1. The summed E-state index contributed by atoms with van der Waals surface area (Å²) in [6, 6.07) is 6.74. The van der Waals surface area contributed by atoms with E-state index >= 15 is 0 Å². The number of primary sulfonamides is 1. The topological polar surface area (TPSA) is 80.5 Å². The first-order valence-corrected chi connectivity index (χ1v) is 8.88. The van der Waals surface area contributed by atoms with Crippen LogP contribution in [0.1, 0.15) is 15.9 Å². The number of amides is 1. The summed E-state index contributed by atoms with van der Waals surface area (Å²) in [5, 5.41) is 7.12. The second-order valence-corrected chi connectivity index (χ2v) is 7.82. The number of nitrogens with zero attached hydrogens (tertiary/aromatic N) is 1. The number of rotatable bonds is 2. The van der Waals surface area contributed by atoms with Crippen LogP contribution in [0.2, 0.25) is 5.02 Å². The number of hydrogen-bond donors (Lipinski definition) is 1. The summed E-state index contributed by atoms with van der Waals surface area (Å²) in [6.07, 6.45) is 0.754. The van der Waals surface area contributed by atoms with Crippen LogP contribution in [0.25, 0.3) is 0 Å². The van der Waals surface area contributed by atoms with Crippen molar-refractivity contribution in [3.63, 3.8) is 0 Å². The zero-order valence-electron chi connectivity index (χ0n) is 10.7. The van der Waals surface area contributed by atoms with E-state index in [-0.39, 0.29) is 10.1 Å². The Morgan fingerprint density at radius 1 is 1.33 bits per heavy atom. The molecule has 110 valence electrons. The minimum Gasteiger partial charge on any atom is -0.308 e. The Morgan fingerprint density at radius 3 is 2.76 bits per heavy atom. The number of fused-ring (bicyclic) bond motifs is 1. The molecule has 2 heterocycles. The molecule has 0 saturated heterocycles. The van der Waals surface area contributed by atoms with Crippen molar-refractivity contribution in [2.45, 2.75) is 10.6 Å². The summed E-state index contributed by atoms with van der Waals surface area (Å²) in [5.41, 5.74) is 2.14. The molecule has 21 heavy (non-hydrogen) atoms. The molecular formula is C13H11ClN2O3S2. The van der Waals surface area contributed by atoms with Crippen LogP contribution in [0, 0.1) is 0 Å². The van der Waals surface area contributed by atoms with Gasteiger partial charge in [0.05, 0.1) is 5.56 Å². The van der Waals surface area contributed by atoms with E-state index in [2.05, 4.69) is 0 Å². The second-order valence-electron chi connectivity index (χ2n) is 4.68. The lowest BCUT2D eigenvalue weighted by molar-refractivity contribution is 0.0989. The first kappa shape index (κ1) is 14.5. The van der Waals surface area contributed by atoms with E-state index in [0.717, 1.165) is 29.0 Å². The summed E-state index contributed by atoms with van der Waals surface area (Å²) in [5.74, 6) is -0.248. The average molecular weight is 343 g/mol. The predicted molar refractivity (Wildman–Crippen MR) is 82.5 cm³/mol. The maximum absolute atomic E-state index is 12.5. The van der Waals surface area contributed by atoms with Crippen LogP contribution in [-0.4, -0.2) is 20.9 Å². The van der Waals surface area contributed by atoms with Crippen molar-refractivity contribution < 1.29 is 13.2 Å². The van der Waals surface area contributed by atoms with Gasteiger partial charge in [0, 0.05) is 22.6 Å². The molecule has 8 heteroatoms. The van der Waals surface area contributed by atoms with Crippen LogP contribution >= 0.6 is 22.9 Å². The Bertz CT molecular complexity index is 830. The van der Waals surface area contributed by atoms with Gasteiger partial charge in [-0.05, 0) is 30.2 Å². The smallest absolute Gasteiger partial charge is 0.259 e. The third-order valence-electron chi connectivity index (χ3n) is 3.29. The van der Waals surface area contributed by atoms with Crippen LogP contribution < -0.4 is 10.0 Å². The Morgan fingerprint density at radius 2 is 2.10 bits per heavy atom. The molecule has 3 rings (SSSR count). The van der Waals surface area contributed by atoms with Crippen molar-refractivity contribution in [3.05, 3.63) is 45.8 Å². The standard InChI is InChI=1S/C13H11ClN2O3S2/c14-10-2-1-8-3-4-16(11(8)6-10)13(17)9-5-12(20-7-9)21(15,18)19/h1-2,5-7H,3-4H2,(H2,15,18,19). The highest BCUT2D eigenvalue weighted by atomic mass is 35.5. The van der Waals surface area contributed by atoms with Crippen molar-refractivity contribution in [2.75, 3.05) is 11.4 Å². The molecule has 1 aromatic carbocycles. The molecule has 1 aliphatic rings. The molecule has 2 N–H and O–H groups in total. The zero-order chi connectivity index (χ0) is 15.2. The normalized spacial score (nSPS) is 14.3. The summed E-state index contributed by atoms with van der Waals surface area (Å²) >= 11 is 6.91. The van der Waals surface area contributed by atoms with Crippen molar-refractivity contribution in [2.24, 2.45) is 5.14 Å². The van der Waals surface area contributed by atoms with Crippen LogP contribution in [0.4, 0.5) is 5.69 Å². The van der Waals surface area contributed by atoms with Crippen LogP contribution in [0.5, 0.6) is 0 Å². The van der Waals surface area contributed by atoms with Gasteiger partial charge in [0.1, 0.15) is 4.21 Å². The molecule has 1 aliphatic heterocycles. The van der Waals surface area contributed by atoms with E-state index in [4.69, 9.17) is 16.7 Å². The van der Waals surface area contributed by atoms with Crippen LogP contribution in [0.3, 0.4) is 0 Å². The van der Waals surface area contributed by atoms with Gasteiger partial charge >= 0.3 is 0 Å². The average Bonchev–Trinajstić information content (AvgIpc) is 3.03. The number of carbonyl (C=O) groups is 1. The highest BCUT2D eigenvalue weighted by Crippen LogP contribution is 2.32. The Hall–Kier alpha value is -1.41. The summed E-state index contributed by atoms with van der Waals surface area (Å²) < 4.78 is 22.5. The molecule has 0 unspecified atom stereocenters. The molecule has 0 atom stereocenters. The third kappa shape index (κ3) is 2.69. The first-order valence-electron chi connectivity index (χ1n) is 6.08. The Kier molecular flexibility index (Phi) is 3.53. The van der Waals surface area contributed by atoms with Gasteiger partial charge in [0.15, 0.2) is 0 Å². The SMILES string of the molecule is NS(=O)(=O)c1cc(C(=O)N2CCc3ccc(Cl)cc32)cs1. The summed E-state index contributed by atoms with van der Waals surface area (Å²) in [6.45, 7) is 0.551. The van der Waals surface area contributed by atoms with Crippen molar-refractivity contribution in [1.29, 1.82) is 0 Å². The maximum atomic E-state index is 12.5. The van der Waals surface area contributed by atoms with Crippen molar-refractivity contribution >= 4 is 44.6 Å². The van der Waals surface area contributed by atoms with Gasteiger partial charge in [-0.3, -0.25) is 4.79 Å². The van der Waals surface area contributed by atoms with Crippen molar-refractivity contribution in [1.82, 2.24) is 0 Å². The molecule has 0 radical (unpaired) electrons. The molecular weight excluding hydrogens is 332 g/mol. The molecule has 0 aliphatic carbocycles. The zero-order valence-corrected chi connectivity index (χ0v) is 13.1. The molecule has 5 nitrogen and oxygen atoms in total. The number of halogens is 1. The van der Waals surface area contributed by atoms with E-state index in [0.29, 0.717) is 17.1 Å². The van der Waals surface area contributed by atoms with E-state index < -0.39 is 10.0 Å². The Labute approximate surface area is 131 Å². The first-order chi connectivity index (χ1) is 9.86. The molecule has 0 saturated carbocycles. The molecule has 0 spiro atoms. The van der Waals surface area contributed by atoms with Crippen LogP contribution in [-0.2, 0) is 16.4 Å². The second kappa shape index (κ2) is 5.10. The van der Waals surface area contributed by atoms with Crippen molar-refractivity contribution in [3.8, 4) is 0 Å². The lowest BCUT2D eigenvalue weighted by Gasteiger charge is -2.16. The van der Waals surface area contributed by atoms with E-state index in [1.165, 1.54) is 11.4 Å². The van der Waals surface area contributed by atoms with Gasteiger partial charge in [-0.2, -0.15) is 0 Å². The molecule has 1 aromatic heterocycles. The Balaban J connectivity index is 1.95. The molecule has 0 fully saturated rings. The fourth-order valence-electron chi connectivity index (χ4n) is 2.30. The van der Waals surface area contributed by atoms with Gasteiger partial charge in [-0.1, -0.05) is 17.7 Å². The van der Waals surface area contributed by atoms with Gasteiger partial charge in [-0.15, -0.1) is 11.3 Å². The number of hydrogen-bond acceptors (Lipinski definition) is 4. The summed E-state index contributed by atoms with van der Waals surface area (Å²) in [7, 11) is -3.78. The number of carbonyl (C=O) groups excluding carboxylic acids is 1. The van der Waals surface area contributed by atoms with E-state index in [1.807, 2.05) is 6.07 Å². The summed E-state index contributed by atoms with van der Waals surface area (Å²) in [4.78, 5) is 14.1. The van der Waals surface area contributed by atoms with Gasteiger partial charge in [-0.25, -0.2) is 13.6 Å². The number of sulfonamides is 1. The lowest BCUT2D eigenvalue weighted by atomic mass is 10.2. The number of anilines is 1. The maximum Gasteiger partial charge on any atom is 0.259 e. The quantitative estimate of drug-likeness (QED) is 0.908. The van der Waals surface area contributed by atoms with Gasteiger partial charge in [0.25, 0.3) is 5.91 Å². The molecule has 0 bridgehead atoms. The number of benzene rings is 1. The van der Waals surface area contributed by atoms with Gasteiger partial charge in [0.2, 0.25) is 10.0 Å². The fraction of sp³-hybridized carbons (Fsp3) is 0.154. The highest BCUT2D eigenvalue weighted by Gasteiger charge is 2.27. The van der Waals surface area contributed by atoms with E-state index in [1.54, 1.807) is 17.0 Å². The minimum absolute atomic E-state index is 0.0173. The predicted octanol–water partition coefficient (Wildman–Crippen LogP) is 2.25. The highest BCUT2D eigenvalue weighted by molar-refractivity contribution is 7.91. The van der Waals surface area contributed by atoms with Crippen LogP contribution in [0.15, 0.2) is 33.9 Å². The number of thiophene rings is 1. The third-order valence-corrected chi connectivity index (χ3v) is 5.91. The lowest BCUT2D eigenvalue weighted by Crippen LogP contribution is -2.28. The largest absolute Gasteiger partial charge is 0.308 e. The monoisotopic (exact) mass is 342 g/mol. The molecule has 2 aromatic rings. The minimum atomic E-state index is -3.78. The molecule has 1 amide bonds.